The molecule has 0 radical (unpaired) electrons. The van der Waals surface area contributed by atoms with Crippen LogP contribution in [-0.2, 0) is 5.60 Å². The summed E-state index contributed by atoms with van der Waals surface area (Å²) in [4.78, 5) is 0.727. The van der Waals surface area contributed by atoms with E-state index in [9.17, 15) is 9.66 Å². The second-order valence-electron chi connectivity index (χ2n) is 5.92. The van der Waals surface area contributed by atoms with Gasteiger partial charge < -0.3 is 14.4 Å². The van der Waals surface area contributed by atoms with Crippen molar-refractivity contribution in [3.8, 4) is 5.75 Å². The van der Waals surface area contributed by atoms with Crippen LogP contribution in [0.4, 0.5) is 0 Å². The largest absolute Gasteiger partial charge is 0.497 e. The number of hydrogen-bond donors (Lipinski definition) is 2. The minimum absolute atomic E-state index is 0.688. The van der Waals surface area contributed by atoms with E-state index in [1.54, 1.807) is 19.2 Å². The maximum Gasteiger partial charge on any atom is 0.140 e. The van der Waals surface area contributed by atoms with Crippen molar-refractivity contribution in [3.63, 3.8) is 0 Å². The van der Waals surface area contributed by atoms with Crippen molar-refractivity contribution < 1.29 is 14.4 Å². The van der Waals surface area contributed by atoms with Gasteiger partial charge in [0.15, 0.2) is 0 Å². The fraction of sp³-hybridized carbons (Fsp3) is 0.143. The molecule has 25 heavy (non-hydrogen) atoms. The fourth-order valence-corrected chi connectivity index (χ4v) is 3.14. The van der Waals surface area contributed by atoms with E-state index in [0.717, 1.165) is 32.9 Å². The number of benzene rings is 3. The molecule has 0 saturated carbocycles. The molecule has 3 rings (SSSR count). The van der Waals surface area contributed by atoms with Gasteiger partial charge in [-0.15, -0.1) is 0 Å². The number of aryl methyl sites for hydroxylation is 1. The average molecular weight is 352 g/mol. The fourth-order valence-electron chi connectivity index (χ4n) is 2.88. The molecule has 3 aromatic carbocycles. The molecule has 128 valence electrons. The van der Waals surface area contributed by atoms with E-state index in [4.69, 9.17) is 4.74 Å². The Balaban J connectivity index is 2.16. The van der Waals surface area contributed by atoms with Gasteiger partial charge >= 0.3 is 0 Å². The summed E-state index contributed by atoms with van der Waals surface area (Å²) in [6.45, 7) is 2.02. The summed E-state index contributed by atoms with van der Waals surface area (Å²) in [5.74, 6) is 0.738. The van der Waals surface area contributed by atoms with Crippen LogP contribution in [0.3, 0.4) is 0 Å². The standard InChI is InChI=1S/C21H20O3S/c1-15-3-5-16(6-4-15)21(22,17-7-11-19(24-2)12-8-17)18-9-13-20(25-23)14-10-18/h3-14,22-23H,1-2H3. The van der Waals surface area contributed by atoms with Crippen LogP contribution in [0.15, 0.2) is 77.7 Å². The Morgan fingerprint density at radius 2 is 1.20 bits per heavy atom. The zero-order valence-electron chi connectivity index (χ0n) is 14.1. The maximum absolute atomic E-state index is 11.7. The van der Waals surface area contributed by atoms with Gasteiger partial charge in [-0.3, -0.25) is 0 Å². The molecule has 0 heterocycles. The van der Waals surface area contributed by atoms with Crippen molar-refractivity contribution in [3.05, 3.63) is 95.1 Å². The molecule has 0 aliphatic rings. The van der Waals surface area contributed by atoms with Crippen molar-refractivity contribution in [2.45, 2.75) is 17.4 Å². The lowest BCUT2D eigenvalue weighted by molar-refractivity contribution is 0.125. The molecular weight excluding hydrogens is 332 g/mol. The van der Waals surface area contributed by atoms with Crippen molar-refractivity contribution in [1.82, 2.24) is 0 Å². The number of rotatable bonds is 5. The molecule has 3 aromatic rings. The molecule has 0 spiro atoms. The first-order chi connectivity index (χ1) is 12.1. The second kappa shape index (κ2) is 7.31. The highest BCUT2D eigenvalue weighted by atomic mass is 32.2. The van der Waals surface area contributed by atoms with Crippen LogP contribution in [0.5, 0.6) is 5.75 Å². The molecule has 0 aliphatic carbocycles. The molecule has 3 nitrogen and oxygen atoms in total. The molecule has 0 amide bonds. The molecule has 0 bridgehead atoms. The number of ether oxygens (including phenoxy) is 1. The third-order valence-electron chi connectivity index (χ3n) is 4.35. The molecule has 0 aromatic heterocycles. The summed E-state index contributed by atoms with van der Waals surface area (Å²) in [6.07, 6.45) is 0. The van der Waals surface area contributed by atoms with Gasteiger partial charge in [0.05, 0.1) is 7.11 Å². The Morgan fingerprint density at radius 1 is 0.760 bits per heavy atom. The van der Waals surface area contributed by atoms with E-state index in [0.29, 0.717) is 12.0 Å². The minimum atomic E-state index is -1.29. The van der Waals surface area contributed by atoms with E-state index in [-0.39, 0.29) is 0 Å². The van der Waals surface area contributed by atoms with Gasteiger partial charge in [-0.1, -0.05) is 54.1 Å². The molecule has 2 N–H and O–H groups in total. The quantitative estimate of drug-likeness (QED) is 0.509. The van der Waals surface area contributed by atoms with E-state index < -0.39 is 5.60 Å². The van der Waals surface area contributed by atoms with E-state index >= 15 is 0 Å². The Morgan fingerprint density at radius 3 is 1.64 bits per heavy atom. The number of hydrogen-bond acceptors (Lipinski definition) is 4. The summed E-state index contributed by atoms with van der Waals surface area (Å²) in [7, 11) is 1.62. The third-order valence-corrected chi connectivity index (χ3v) is 4.84. The highest BCUT2D eigenvalue weighted by Gasteiger charge is 2.33. The average Bonchev–Trinajstić information content (AvgIpc) is 2.68. The van der Waals surface area contributed by atoms with Gasteiger partial charge in [0.25, 0.3) is 0 Å². The third kappa shape index (κ3) is 3.42. The van der Waals surface area contributed by atoms with E-state index in [2.05, 4.69) is 0 Å². The maximum atomic E-state index is 11.7. The molecule has 0 fully saturated rings. The van der Waals surface area contributed by atoms with Crippen molar-refractivity contribution in [1.29, 1.82) is 0 Å². The highest BCUT2D eigenvalue weighted by molar-refractivity contribution is 7.93. The normalized spacial score (nSPS) is 13.3. The Bertz CT molecular complexity index is 777. The smallest absolute Gasteiger partial charge is 0.140 e. The molecular formula is C21H20O3S. The van der Waals surface area contributed by atoms with Gasteiger partial charge in [0, 0.05) is 16.9 Å². The van der Waals surface area contributed by atoms with Crippen LogP contribution in [0.2, 0.25) is 0 Å². The van der Waals surface area contributed by atoms with Gasteiger partial charge in [-0.25, -0.2) is 0 Å². The lowest BCUT2D eigenvalue weighted by atomic mass is 9.80. The van der Waals surface area contributed by atoms with Crippen molar-refractivity contribution in [2.24, 2.45) is 0 Å². The number of methoxy groups -OCH3 is 1. The molecule has 1 atom stereocenters. The first-order valence-electron chi connectivity index (χ1n) is 7.94. The molecule has 0 aliphatic heterocycles. The number of aliphatic hydroxyl groups is 1. The van der Waals surface area contributed by atoms with Crippen LogP contribution >= 0.6 is 12.0 Å². The van der Waals surface area contributed by atoms with Crippen LogP contribution in [0.1, 0.15) is 22.3 Å². The highest BCUT2D eigenvalue weighted by Crippen LogP contribution is 2.38. The van der Waals surface area contributed by atoms with Gasteiger partial charge in [-0.05, 0) is 47.9 Å². The van der Waals surface area contributed by atoms with Gasteiger partial charge in [0.2, 0.25) is 0 Å². The summed E-state index contributed by atoms with van der Waals surface area (Å²) < 4.78 is 14.4. The summed E-state index contributed by atoms with van der Waals surface area (Å²) in [5.41, 5.74) is 2.11. The second-order valence-corrected chi connectivity index (χ2v) is 6.57. The van der Waals surface area contributed by atoms with E-state index in [1.165, 1.54) is 0 Å². The minimum Gasteiger partial charge on any atom is -0.497 e. The van der Waals surface area contributed by atoms with Crippen LogP contribution in [-0.4, -0.2) is 16.8 Å². The van der Waals surface area contributed by atoms with Crippen LogP contribution < -0.4 is 4.74 Å². The topological polar surface area (TPSA) is 49.7 Å². The van der Waals surface area contributed by atoms with Crippen molar-refractivity contribution >= 4 is 12.0 Å². The van der Waals surface area contributed by atoms with Gasteiger partial charge in [0.1, 0.15) is 11.4 Å². The van der Waals surface area contributed by atoms with Crippen molar-refractivity contribution in [2.75, 3.05) is 7.11 Å². The zero-order chi connectivity index (χ0) is 17.9. The lowest BCUT2D eigenvalue weighted by Gasteiger charge is -2.30. The van der Waals surface area contributed by atoms with Gasteiger partial charge in [-0.2, -0.15) is 0 Å². The lowest BCUT2D eigenvalue weighted by Crippen LogP contribution is -2.28. The summed E-state index contributed by atoms with van der Waals surface area (Å²) in [5, 5.41) is 11.7. The Kier molecular flexibility index (Phi) is 5.13. The first-order valence-corrected chi connectivity index (χ1v) is 8.71. The molecule has 0 saturated heterocycles. The first kappa shape index (κ1) is 17.5. The predicted octanol–water partition coefficient (Wildman–Crippen LogP) is 4.85. The molecule has 1 unspecified atom stereocenters. The SMILES string of the molecule is COc1ccc(C(O)(c2ccc(C)cc2)c2ccc(SO)cc2)cc1. The summed E-state index contributed by atoms with van der Waals surface area (Å²) in [6, 6.07) is 22.5. The zero-order valence-corrected chi connectivity index (χ0v) is 15.0. The predicted molar refractivity (Wildman–Crippen MR) is 101 cm³/mol. The monoisotopic (exact) mass is 352 g/mol. The Labute approximate surface area is 152 Å². The van der Waals surface area contributed by atoms with Crippen LogP contribution in [0.25, 0.3) is 0 Å². The van der Waals surface area contributed by atoms with E-state index in [1.807, 2.05) is 67.6 Å². The summed E-state index contributed by atoms with van der Waals surface area (Å²) >= 11 is 0.688. The Hall–Kier alpha value is -2.27. The molecule has 4 heteroatoms. The van der Waals surface area contributed by atoms with Crippen LogP contribution in [0, 0.1) is 6.92 Å².